The lowest BCUT2D eigenvalue weighted by atomic mass is 10.1. The van der Waals surface area contributed by atoms with E-state index in [2.05, 4.69) is 10.2 Å². The van der Waals surface area contributed by atoms with Crippen LogP contribution in [0.3, 0.4) is 0 Å². The van der Waals surface area contributed by atoms with Crippen molar-refractivity contribution in [2.75, 3.05) is 45.9 Å². The smallest absolute Gasteiger partial charge is 0.224 e. The molecule has 0 aromatic heterocycles. The lowest BCUT2D eigenvalue weighted by Gasteiger charge is -2.27. The second-order valence-corrected chi connectivity index (χ2v) is 5.84. The predicted molar refractivity (Wildman–Crippen MR) is 73.0 cm³/mol. The van der Waals surface area contributed by atoms with E-state index in [0.717, 1.165) is 25.7 Å². The third-order valence-electron chi connectivity index (χ3n) is 4.72. The van der Waals surface area contributed by atoms with Gasteiger partial charge in [0.2, 0.25) is 5.91 Å². The molecule has 2 unspecified atom stereocenters. The number of carbonyl (C=O) groups is 1. The molecule has 5 nitrogen and oxygen atoms in total. The number of ether oxygens (including phenoxy) is 1. The van der Waals surface area contributed by atoms with Crippen LogP contribution >= 0.6 is 0 Å². The molecule has 1 N–H and O–H groups in total. The summed E-state index contributed by atoms with van der Waals surface area (Å²) in [5.41, 5.74) is 0. The molecule has 3 rings (SSSR count). The van der Waals surface area contributed by atoms with Crippen LogP contribution in [-0.4, -0.2) is 73.7 Å². The van der Waals surface area contributed by atoms with Gasteiger partial charge in [0.05, 0.1) is 13.2 Å². The molecule has 2 atom stereocenters. The van der Waals surface area contributed by atoms with E-state index in [0.29, 0.717) is 25.7 Å². The summed E-state index contributed by atoms with van der Waals surface area (Å²) >= 11 is 0. The van der Waals surface area contributed by atoms with Crippen LogP contribution in [0.5, 0.6) is 0 Å². The molecule has 0 radical (unpaired) electrons. The third-order valence-corrected chi connectivity index (χ3v) is 4.72. The zero-order chi connectivity index (χ0) is 13.1. The Hall–Kier alpha value is -0.650. The molecule has 0 saturated carbocycles. The van der Waals surface area contributed by atoms with Gasteiger partial charge in [0, 0.05) is 44.7 Å². The third kappa shape index (κ3) is 3.09. The second kappa shape index (κ2) is 6.20. The SMILES string of the molecule is O=C(CCNC1CCN2CCCC12)N1CCOCC1. The van der Waals surface area contributed by atoms with Gasteiger partial charge in [-0.1, -0.05) is 0 Å². The highest BCUT2D eigenvalue weighted by molar-refractivity contribution is 5.76. The molecular formula is C14H25N3O2. The number of hydrogen-bond donors (Lipinski definition) is 1. The second-order valence-electron chi connectivity index (χ2n) is 5.84. The monoisotopic (exact) mass is 267 g/mol. The van der Waals surface area contributed by atoms with Gasteiger partial charge in [0.15, 0.2) is 0 Å². The summed E-state index contributed by atoms with van der Waals surface area (Å²) in [5.74, 6) is 0.275. The molecule has 0 aromatic carbocycles. The Balaban J connectivity index is 1.37. The fourth-order valence-corrected chi connectivity index (χ4v) is 3.66. The summed E-state index contributed by atoms with van der Waals surface area (Å²) in [6.07, 6.45) is 4.55. The fourth-order valence-electron chi connectivity index (χ4n) is 3.66. The molecule has 3 fully saturated rings. The Labute approximate surface area is 115 Å². The molecule has 0 bridgehead atoms. The number of amides is 1. The van der Waals surface area contributed by atoms with E-state index >= 15 is 0 Å². The van der Waals surface area contributed by atoms with Crippen LogP contribution in [0.1, 0.15) is 25.7 Å². The minimum atomic E-state index is 0.275. The standard InChI is InChI=1S/C14H25N3O2/c18-14(17-8-10-19-11-9-17)3-5-15-12-4-7-16-6-1-2-13(12)16/h12-13,15H,1-11H2. The average Bonchev–Trinajstić information content (AvgIpc) is 3.04. The van der Waals surface area contributed by atoms with Crippen LogP contribution in [0.4, 0.5) is 0 Å². The Morgan fingerprint density at radius 3 is 2.84 bits per heavy atom. The number of morpholine rings is 1. The summed E-state index contributed by atoms with van der Waals surface area (Å²) in [7, 11) is 0. The van der Waals surface area contributed by atoms with Crippen LogP contribution in [-0.2, 0) is 9.53 Å². The van der Waals surface area contributed by atoms with Crippen molar-refractivity contribution in [1.82, 2.24) is 15.1 Å². The van der Waals surface area contributed by atoms with Gasteiger partial charge in [-0.25, -0.2) is 0 Å². The van der Waals surface area contributed by atoms with Crippen LogP contribution in [0.25, 0.3) is 0 Å². The summed E-state index contributed by atoms with van der Waals surface area (Å²) in [4.78, 5) is 16.6. The molecule has 1 amide bonds. The highest BCUT2D eigenvalue weighted by Crippen LogP contribution is 2.27. The zero-order valence-electron chi connectivity index (χ0n) is 11.6. The maximum absolute atomic E-state index is 12.0. The quantitative estimate of drug-likeness (QED) is 0.782. The Morgan fingerprint density at radius 1 is 1.16 bits per heavy atom. The fraction of sp³-hybridized carbons (Fsp3) is 0.929. The Morgan fingerprint density at radius 2 is 2.00 bits per heavy atom. The average molecular weight is 267 g/mol. The summed E-state index contributed by atoms with van der Waals surface area (Å²) in [6.45, 7) is 6.25. The van der Waals surface area contributed by atoms with E-state index in [1.54, 1.807) is 0 Å². The molecule has 5 heteroatoms. The zero-order valence-corrected chi connectivity index (χ0v) is 11.6. The first kappa shape index (κ1) is 13.3. The maximum atomic E-state index is 12.0. The molecule has 19 heavy (non-hydrogen) atoms. The summed E-state index contributed by atoms with van der Waals surface area (Å²) < 4.78 is 5.27. The topological polar surface area (TPSA) is 44.8 Å². The maximum Gasteiger partial charge on any atom is 0.224 e. The normalized spacial score (nSPS) is 31.7. The first-order chi connectivity index (χ1) is 9.34. The van der Waals surface area contributed by atoms with Gasteiger partial charge in [0.1, 0.15) is 0 Å². The van der Waals surface area contributed by atoms with E-state index in [1.807, 2.05) is 4.90 Å². The van der Waals surface area contributed by atoms with Crippen molar-refractivity contribution < 1.29 is 9.53 Å². The Kier molecular flexibility index (Phi) is 4.35. The van der Waals surface area contributed by atoms with Crippen LogP contribution < -0.4 is 5.32 Å². The largest absolute Gasteiger partial charge is 0.378 e. The van der Waals surface area contributed by atoms with Gasteiger partial charge in [-0.3, -0.25) is 9.69 Å². The number of hydrogen-bond acceptors (Lipinski definition) is 4. The van der Waals surface area contributed by atoms with Crippen LogP contribution in [0.2, 0.25) is 0 Å². The Bertz CT molecular complexity index is 318. The van der Waals surface area contributed by atoms with Crippen molar-refractivity contribution in [3.05, 3.63) is 0 Å². The molecule has 3 heterocycles. The summed E-state index contributed by atoms with van der Waals surface area (Å²) in [5, 5.41) is 3.60. The molecule has 108 valence electrons. The van der Waals surface area contributed by atoms with Gasteiger partial charge in [0.25, 0.3) is 0 Å². The summed E-state index contributed by atoms with van der Waals surface area (Å²) in [6, 6.07) is 1.35. The lowest BCUT2D eigenvalue weighted by Crippen LogP contribution is -2.43. The number of nitrogens with zero attached hydrogens (tertiary/aromatic N) is 2. The van der Waals surface area contributed by atoms with Gasteiger partial charge in [-0.05, 0) is 25.8 Å². The molecule has 3 aliphatic heterocycles. The van der Waals surface area contributed by atoms with Crippen molar-refractivity contribution in [2.45, 2.75) is 37.8 Å². The predicted octanol–water partition coefficient (Wildman–Crippen LogP) is 0.0616. The van der Waals surface area contributed by atoms with E-state index in [4.69, 9.17) is 4.74 Å². The molecular weight excluding hydrogens is 242 g/mol. The molecule has 0 spiro atoms. The number of nitrogens with one attached hydrogen (secondary N) is 1. The number of carbonyl (C=O) groups excluding carboxylic acids is 1. The van der Waals surface area contributed by atoms with Gasteiger partial charge in [-0.15, -0.1) is 0 Å². The van der Waals surface area contributed by atoms with Crippen molar-refractivity contribution in [1.29, 1.82) is 0 Å². The minimum absolute atomic E-state index is 0.275. The van der Waals surface area contributed by atoms with E-state index in [-0.39, 0.29) is 5.91 Å². The van der Waals surface area contributed by atoms with E-state index < -0.39 is 0 Å². The minimum Gasteiger partial charge on any atom is -0.378 e. The first-order valence-electron chi connectivity index (χ1n) is 7.67. The highest BCUT2D eigenvalue weighted by atomic mass is 16.5. The van der Waals surface area contributed by atoms with Crippen molar-refractivity contribution in [2.24, 2.45) is 0 Å². The lowest BCUT2D eigenvalue weighted by molar-refractivity contribution is -0.135. The molecule has 3 saturated heterocycles. The van der Waals surface area contributed by atoms with Crippen molar-refractivity contribution in [3.63, 3.8) is 0 Å². The van der Waals surface area contributed by atoms with Gasteiger partial charge >= 0.3 is 0 Å². The van der Waals surface area contributed by atoms with E-state index in [9.17, 15) is 4.79 Å². The van der Waals surface area contributed by atoms with Crippen molar-refractivity contribution in [3.8, 4) is 0 Å². The van der Waals surface area contributed by atoms with E-state index in [1.165, 1.54) is 32.4 Å². The molecule has 3 aliphatic rings. The van der Waals surface area contributed by atoms with Crippen LogP contribution in [0.15, 0.2) is 0 Å². The van der Waals surface area contributed by atoms with Crippen molar-refractivity contribution >= 4 is 5.91 Å². The molecule has 0 aromatic rings. The van der Waals surface area contributed by atoms with Gasteiger partial charge < -0.3 is 15.0 Å². The van der Waals surface area contributed by atoms with Gasteiger partial charge in [-0.2, -0.15) is 0 Å². The first-order valence-corrected chi connectivity index (χ1v) is 7.67. The number of fused-ring (bicyclic) bond motifs is 1. The number of rotatable bonds is 4. The van der Waals surface area contributed by atoms with Crippen LogP contribution in [0, 0.1) is 0 Å². The molecule has 0 aliphatic carbocycles. The highest BCUT2D eigenvalue weighted by Gasteiger charge is 2.36.